The van der Waals surface area contributed by atoms with Gasteiger partial charge < -0.3 is 15.7 Å². The Bertz CT molecular complexity index is 497. The third kappa shape index (κ3) is 6.30. The molecular weight excluding hydrogens is 401 g/mol. The number of nitrogens with one attached hydrogen (secondary N) is 2. The van der Waals surface area contributed by atoms with Crippen LogP contribution in [-0.4, -0.2) is 36.3 Å². The van der Waals surface area contributed by atoms with Crippen molar-refractivity contribution >= 4 is 29.9 Å². The van der Waals surface area contributed by atoms with E-state index in [1.54, 1.807) is 0 Å². The summed E-state index contributed by atoms with van der Waals surface area (Å²) in [5, 5.41) is 16.8. The van der Waals surface area contributed by atoms with Crippen molar-refractivity contribution in [1.82, 2.24) is 10.6 Å². The average molecular weight is 431 g/mol. The number of nitrogens with zero attached hydrogens (tertiary/aromatic N) is 1. The van der Waals surface area contributed by atoms with Gasteiger partial charge in [-0.25, -0.2) is 0 Å². The molecule has 130 valence electrons. The second-order valence-electron chi connectivity index (χ2n) is 6.47. The van der Waals surface area contributed by atoms with Crippen molar-refractivity contribution in [3.8, 4) is 0 Å². The predicted molar refractivity (Wildman–Crippen MR) is 108 cm³/mol. The summed E-state index contributed by atoms with van der Waals surface area (Å²) < 4.78 is 0. The zero-order valence-electron chi connectivity index (χ0n) is 14.4. The van der Waals surface area contributed by atoms with Crippen LogP contribution >= 0.6 is 24.0 Å². The molecule has 1 atom stereocenters. The molecule has 0 spiro atoms. The van der Waals surface area contributed by atoms with Crippen LogP contribution in [0.25, 0.3) is 0 Å². The molecule has 0 aliphatic heterocycles. The second-order valence-corrected chi connectivity index (χ2v) is 6.47. The van der Waals surface area contributed by atoms with Crippen LogP contribution in [0.2, 0.25) is 0 Å². The maximum absolute atomic E-state index is 10.1. The molecular formula is C18H30IN3O. The SMILES string of the molecule is CCNC(=NCC1(O)CCC1)NCC(C)c1ccc(C)cc1.I. The highest BCUT2D eigenvalue weighted by Gasteiger charge is 2.34. The van der Waals surface area contributed by atoms with Crippen molar-refractivity contribution in [3.05, 3.63) is 35.4 Å². The molecule has 1 fully saturated rings. The van der Waals surface area contributed by atoms with E-state index in [0.29, 0.717) is 12.5 Å². The predicted octanol–water partition coefficient (Wildman–Crippen LogP) is 3.19. The summed E-state index contributed by atoms with van der Waals surface area (Å²) in [6.45, 7) is 8.50. The zero-order chi connectivity index (χ0) is 16.0. The molecule has 0 heterocycles. The van der Waals surface area contributed by atoms with Crippen LogP contribution in [0.4, 0.5) is 0 Å². The minimum Gasteiger partial charge on any atom is -0.388 e. The number of hydrogen-bond donors (Lipinski definition) is 3. The third-order valence-electron chi connectivity index (χ3n) is 4.38. The molecule has 5 heteroatoms. The van der Waals surface area contributed by atoms with E-state index < -0.39 is 5.60 Å². The summed E-state index contributed by atoms with van der Waals surface area (Å²) in [4.78, 5) is 4.53. The molecule has 1 aliphatic carbocycles. The van der Waals surface area contributed by atoms with Gasteiger partial charge in [0.25, 0.3) is 0 Å². The molecule has 0 saturated heterocycles. The van der Waals surface area contributed by atoms with Gasteiger partial charge in [-0.3, -0.25) is 4.99 Å². The number of halogens is 1. The number of aryl methyl sites for hydroxylation is 1. The Morgan fingerprint density at radius 3 is 2.43 bits per heavy atom. The third-order valence-corrected chi connectivity index (χ3v) is 4.38. The van der Waals surface area contributed by atoms with Gasteiger partial charge in [-0.15, -0.1) is 24.0 Å². The van der Waals surface area contributed by atoms with Gasteiger partial charge in [-0.1, -0.05) is 36.8 Å². The molecule has 1 aromatic rings. The van der Waals surface area contributed by atoms with E-state index in [-0.39, 0.29) is 24.0 Å². The van der Waals surface area contributed by atoms with Gasteiger partial charge in [0.2, 0.25) is 0 Å². The van der Waals surface area contributed by atoms with Crippen molar-refractivity contribution in [3.63, 3.8) is 0 Å². The van der Waals surface area contributed by atoms with E-state index in [9.17, 15) is 5.11 Å². The maximum Gasteiger partial charge on any atom is 0.191 e. The first-order chi connectivity index (χ1) is 10.5. The Balaban J connectivity index is 0.00000264. The highest BCUT2D eigenvalue weighted by atomic mass is 127. The fourth-order valence-corrected chi connectivity index (χ4v) is 2.57. The van der Waals surface area contributed by atoms with E-state index >= 15 is 0 Å². The van der Waals surface area contributed by atoms with Crippen LogP contribution in [0.5, 0.6) is 0 Å². The van der Waals surface area contributed by atoms with Gasteiger partial charge in [-0.05, 0) is 44.6 Å². The van der Waals surface area contributed by atoms with Crippen LogP contribution in [0.1, 0.15) is 50.2 Å². The molecule has 2 rings (SSSR count). The number of rotatable bonds is 6. The normalized spacial score (nSPS) is 17.7. The molecule has 4 nitrogen and oxygen atoms in total. The molecule has 3 N–H and O–H groups in total. The fourth-order valence-electron chi connectivity index (χ4n) is 2.57. The number of benzene rings is 1. The summed E-state index contributed by atoms with van der Waals surface area (Å²) >= 11 is 0. The van der Waals surface area contributed by atoms with Crippen LogP contribution in [0, 0.1) is 6.92 Å². The van der Waals surface area contributed by atoms with Crippen LogP contribution in [0.3, 0.4) is 0 Å². The molecule has 1 aromatic carbocycles. The van der Waals surface area contributed by atoms with Gasteiger partial charge in [0.1, 0.15) is 0 Å². The highest BCUT2D eigenvalue weighted by Crippen LogP contribution is 2.31. The van der Waals surface area contributed by atoms with E-state index in [1.807, 2.05) is 0 Å². The lowest BCUT2D eigenvalue weighted by atomic mass is 9.80. The van der Waals surface area contributed by atoms with E-state index in [2.05, 4.69) is 60.7 Å². The largest absolute Gasteiger partial charge is 0.388 e. The first kappa shape index (κ1) is 20.2. The van der Waals surface area contributed by atoms with Gasteiger partial charge in [0, 0.05) is 13.1 Å². The van der Waals surface area contributed by atoms with Gasteiger partial charge in [0.15, 0.2) is 5.96 Å². The molecule has 0 aromatic heterocycles. The van der Waals surface area contributed by atoms with Crippen molar-refractivity contribution in [2.75, 3.05) is 19.6 Å². The summed E-state index contributed by atoms with van der Waals surface area (Å²) in [6.07, 6.45) is 2.85. The number of aliphatic imine (C=N–C) groups is 1. The zero-order valence-corrected chi connectivity index (χ0v) is 16.8. The Labute approximate surface area is 157 Å². The summed E-state index contributed by atoms with van der Waals surface area (Å²) in [5.74, 6) is 1.21. The molecule has 23 heavy (non-hydrogen) atoms. The molecule has 1 unspecified atom stereocenters. The summed E-state index contributed by atoms with van der Waals surface area (Å²) in [5.41, 5.74) is 2.05. The monoisotopic (exact) mass is 431 g/mol. The van der Waals surface area contributed by atoms with Gasteiger partial charge in [0.05, 0.1) is 12.1 Å². The molecule has 0 bridgehead atoms. The number of guanidine groups is 1. The Kier molecular flexibility index (Phi) is 8.33. The topological polar surface area (TPSA) is 56.7 Å². The van der Waals surface area contributed by atoms with Crippen LogP contribution < -0.4 is 10.6 Å². The van der Waals surface area contributed by atoms with Gasteiger partial charge in [-0.2, -0.15) is 0 Å². The average Bonchev–Trinajstić information content (AvgIpc) is 2.48. The standard InChI is InChI=1S/C18H29N3O.HI/c1-4-19-17(21-13-18(22)10-5-11-18)20-12-15(3)16-8-6-14(2)7-9-16;/h6-9,15,22H,4-5,10-13H2,1-3H3,(H2,19,20,21);1H. The lowest BCUT2D eigenvalue weighted by Crippen LogP contribution is -2.43. The molecule has 1 saturated carbocycles. The van der Waals surface area contributed by atoms with Crippen molar-refractivity contribution in [2.24, 2.45) is 4.99 Å². The summed E-state index contributed by atoms with van der Waals surface area (Å²) in [7, 11) is 0. The molecule has 1 aliphatic rings. The maximum atomic E-state index is 10.1. The van der Waals surface area contributed by atoms with Crippen LogP contribution in [0.15, 0.2) is 29.3 Å². The lowest BCUT2D eigenvalue weighted by molar-refractivity contribution is -0.0236. The molecule has 0 amide bonds. The fraction of sp³-hybridized carbons (Fsp3) is 0.611. The van der Waals surface area contributed by atoms with Crippen molar-refractivity contribution < 1.29 is 5.11 Å². The molecule has 0 radical (unpaired) electrons. The Morgan fingerprint density at radius 2 is 1.91 bits per heavy atom. The second kappa shape index (κ2) is 9.47. The van der Waals surface area contributed by atoms with E-state index in [4.69, 9.17) is 0 Å². The highest BCUT2D eigenvalue weighted by molar-refractivity contribution is 14.0. The minimum atomic E-state index is -0.565. The van der Waals surface area contributed by atoms with E-state index in [1.165, 1.54) is 11.1 Å². The number of aliphatic hydroxyl groups is 1. The van der Waals surface area contributed by atoms with Crippen molar-refractivity contribution in [2.45, 2.75) is 51.6 Å². The minimum absolute atomic E-state index is 0. The summed E-state index contributed by atoms with van der Waals surface area (Å²) in [6, 6.07) is 8.67. The smallest absolute Gasteiger partial charge is 0.191 e. The first-order valence-electron chi connectivity index (χ1n) is 8.33. The van der Waals surface area contributed by atoms with E-state index in [0.717, 1.165) is 38.3 Å². The quantitative estimate of drug-likeness (QED) is 0.369. The lowest BCUT2D eigenvalue weighted by Gasteiger charge is -2.35. The first-order valence-corrected chi connectivity index (χ1v) is 8.33. The van der Waals surface area contributed by atoms with Crippen LogP contribution in [-0.2, 0) is 0 Å². The number of hydrogen-bond acceptors (Lipinski definition) is 2. The van der Waals surface area contributed by atoms with Crippen molar-refractivity contribution in [1.29, 1.82) is 0 Å². The Morgan fingerprint density at radius 1 is 1.26 bits per heavy atom. The Hall–Kier alpha value is -0.820. The van der Waals surface area contributed by atoms with Gasteiger partial charge >= 0.3 is 0 Å².